The Labute approximate surface area is 118 Å². The van der Waals surface area contributed by atoms with E-state index in [1.54, 1.807) is 0 Å². The molecule has 18 heavy (non-hydrogen) atoms. The molecule has 1 aliphatic rings. The summed E-state index contributed by atoms with van der Waals surface area (Å²) in [5.41, 5.74) is 2.10. The summed E-state index contributed by atoms with van der Waals surface area (Å²) in [4.78, 5) is 0. The molecule has 1 fully saturated rings. The Kier molecular flexibility index (Phi) is 4.84. The minimum Gasteiger partial charge on any atom is -0.393 e. The summed E-state index contributed by atoms with van der Waals surface area (Å²) in [6.45, 7) is 1.98. The third-order valence-electron chi connectivity index (χ3n) is 4.07. The van der Waals surface area contributed by atoms with Crippen LogP contribution in [0.2, 0.25) is 0 Å². The second-order valence-electron chi connectivity index (χ2n) is 5.56. The van der Waals surface area contributed by atoms with Gasteiger partial charge in [0.25, 0.3) is 0 Å². The molecular weight excluding hydrogens is 292 g/mol. The molecule has 1 aromatic heterocycles. The van der Waals surface area contributed by atoms with Crippen LogP contribution in [0, 0.1) is 12.8 Å². The predicted molar refractivity (Wildman–Crippen MR) is 76.5 cm³/mol. The molecule has 1 aliphatic carbocycles. The number of hydrogen-bond donors (Lipinski definition) is 1. The summed E-state index contributed by atoms with van der Waals surface area (Å²) in [6.07, 6.45) is 8.04. The average Bonchev–Trinajstić information content (AvgIpc) is 2.92. The van der Waals surface area contributed by atoms with Gasteiger partial charge in [-0.3, -0.25) is 4.68 Å². The highest BCUT2D eigenvalue weighted by molar-refractivity contribution is 9.10. The molecule has 0 radical (unpaired) electrons. The number of hydrogen-bond acceptors (Lipinski definition) is 2. The van der Waals surface area contributed by atoms with Crippen LogP contribution in [0.1, 0.15) is 49.9 Å². The summed E-state index contributed by atoms with van der Waals surface area (Å²) >= 11 is 3.55. The van der Waals surface area contributed by atoms with Crippen molar-refractivity contribution < 1.29 is 5.11 Å². The van der Waals surface area contributed by atoms with Crippen molar-refractivity contribution in [3.63, 3.8) is 0 Å². The van der Waals surface area contributed by atoms with Crippen molar-refractivity contribution in [3.05, 3.63) is 15.9 Å². The van der Waals surface area contributed by atoms with E-state index in [-0.39, 0.29) is 6.10 Å². The normalized spacial score (nSPS) is 18.4. The van der Waals surface area contributed by atoms with Crippen LogP contribution in [0.25, 0.3) is 0 Å². The quantitative estimate of drug-likeness (QED) is 0.905. The van der Waals surface area contributed by atoms with Crippen LogP contribution < -0.4 is 0 Å². The Morgan fingerprint density at radius 1 is 1.44 bits per heavy atom. The first-order valence-corrected chi connectivity index (χ1v) is 7.73. The molecule has 0 aliphatic heterocycles. The van der Waals surface area contributed by atoms with Gasteiger partial charge in [-0.15, -0.1) is 0 Å². The van der Waals surface area contributed by atoms with Gasteiger partial charge in [0.15, 0.2) is 0 Å². The molecule has 2 rings (SSSR count). The van der Waals surface area contributed by atoms with Gasteiger partial charge >= 0.3 is 0 Å². The Bertz CT molecular complexity index is 397. The third kappa shape index (κ3) is 3.35. The molecular formula is C14H23BrN2O. The molecule has 1 N–H and O–H groups in total. The van der Waals surface area contributed by atoms with Crippen LogP contribution in [0.4, 0.5) is 0 Å². The van der Waals surface area contributed by atoms with Gasteiger partial charge in [0.05, 0.1) is 22.0 Å². The maximum Gasteiger partial charge on any atom is 0.0738 e. The Balaban J connectivity index is 1.84. The molecule has 1 saturated carbocycles. The molecule has 1 unspecified atom stereocenters. The summed E-state index contributed by atoms with van der Waals surface area (Å²) in [6, 6.07) is 0. The molecule has 0 saturated heterocycles. The first kappa shape index (κ1) is 14.1. The zero-order chi connectivity index (χ0) is 13.1. The SMILES string of the molecule is Cc1nn(C)c(CC(O)CCC2CCCC2)c1Br. The number of aromatic nitrogens is 2. The molecule has 0 bridgehead atoms. The highest BCUT2D eigenvalue weighted by Crippen LogP contribution is 2.29. The molecule has 3 nitrogen and oxygen atoms in total. The number of nitrogens with zero attached hydrogens (tertiary/aromatic N) is 2. The van der Waals surface area contributed by atoms with Crippen molar-refractivity contribution in [2.75, 3.05) is 0 Å². The van der Waals surface area contributed by atoms with E-state index < -0.39 is 0 Å². The highest BCUT2D eigenvalue weighted by Gasteiger charge is 2.19. The maximum absolute atomic E-state index is 10.2. The topological polar surface area (TPSA) is 38.0 Å². The van der Waals surface area contributed by atoms with Gasteiger partial charge in [-0.25, -0.2) is 0 Å². The molecule has 0 amide bonds. The minimum absolute atomic E-state index is 0.239. The van der Waals surface area contributed by atoms with E-state index in [9.17, 15) is 5.11 Å². The molecule has 102 valence electrons. The number of halogens is 1. The molecule has 4 heteroatoms. The van der Waals surface area contributed by atoms with E-state index in [1.165, 1.54) is 32.1 Å². The monoisotopic (exact) mass is 314 g/mol. The van der Waals surface area contributed by atoms with Crippen molar-refractivity contribution in [2.24, 2.45) is 13.0 Å². The predicted octanol–water partition coefficient (Wildman–Crippen LogP) is 3.36. The summed E-state index contributed by atoms with van der Waals surface area (Å²) in [5.74, 6) is 0.858. The van der Waals surface area contributed by atoms with E-state index in [4.69, 9.17) is 0 Å². The fourth-order valence-corrected chi connectivity index (χ4v) is 3.45. The van der Waals surface area contributed by atoms with Crippen molar-refractivity contribution in [2.45, 2.75) is 58.0 Å². The van der Waals surface area contributed by atoms with E-state index in [0.29, 0.717) is 6.42 Å². The van der Waals surface area contributed by atoms with Crippen LogP contribution in [0.3, 0.4) is 0 Å². The van der Waals surface area contributed by atoms with Crippen molar-refractivity contribution in [3.8, 4) is 0 Å². The van der Waals surface area contributed by atoms with Gasteiger partial charge < -0.3 is 5.11 Å². The molecule has 0 spiro atoms. The van der Waals surface area contributed by atoms with E-state index in [0.717, 1.165) is 28.2 Å². The number of rotatable bonds is 5. The average molecular weight is 315 g/mol. The van der Waals surface area contributed by atoms with E-state index in [1.807, 2.05) is 18.7 Å². The fourth-order valence-electron chi connectivity index (χ4n) is 2.95. The van der Waals surface area contributed by atoms with Gasteiger partial charge in [-0.2, -0.15) is 5.10 Å². The van der Waals surface area contributed by atoms with Crippen molar-refractivity contribution in [1.29, 1.82) is 0 Å². The first-order valence-electron chi connectivity index (χ1n) is 6.94. The fraction of sp³-hybridized carbons (Fsp3) is 0.786. The number of aliphatic hydroxyl groups excluding tert-OH is 1. The van der Waals surface area contributed by atoms with Crippen LogP contribution >= 0.6 is 15.9 Å². The van der Waals surface area contributed by atoms with E-state index >= 15 is 0 Å². The standard InChI is InChI=1S/C14H23BrN2O/c1-10-14(15)13(17(2)16-10)9-12(18)8-7-11-5-3-4-6-11/h11-12,18H,3-9H2,1-2H3. The smallest absolute Gasteiger partial charge is 0.0738 e. The zero-order valence-electron chi connectivity index (χ0n) is 11.3. The lowest BCUT2D eigenvalue weighted by Gasteiger charge is -2.14. The lowest BCUT2D eigenvalue weighted by atomic mass is 9.98. The Morgan fingerprint density at radius 3 is 2.67 bits per heavy atom. The van der Waals surface area contributed by atoms with Crippen LogP contribution in [-0.2, 0) is 13.5 Å². The van der Waals surface area contributed by atoms with Crippen LogP contribution in [-0.4, -0.2) is 21.0 Å². The van der Waals surface area contributed by atoms with Crippen LogP contribution in [0.15, 0.2) is 4.47 Å². The summed E-state index contributed by atoms with van der Waals surface area (Å²) < 4.78 is 2.92. The highest BCUT2D eigenvalue weighted by atomic mass is 79.9. The van der Waals surface area contributed by atoms with Crippen LogP contribution in [0.5, 0.6) is 0 Å². The lowest BCUT2D eigenvalue weighted by Crippen LogP contribution is -2.15. The first-order chi connectivity index (χ1) is 8.58. The summed E-state index contributed by atoms with van der Waals surface area (Å²) in [7, 11) is 1.94. The number of aryl methyl sites for hydroxylation is 2. The van der Waals surface area contributed by atoms with Gasteiger partial charge in [0, 0.05) is 13.5 Å². The van der Waals surface area contributed by atoms with Crippen molar-refractivity contribution in [1.82, 2.24) is 9.78 Å². The second-order valence-corrected chi connectivity index (χ2v) is 6.35. The van der Waals surface area contributed by atoms with Gasteiger partial charge in [-0.05, 0) is 41.6 Å². The Morgan fingerprint density at radius 2 is 2.11 bits per heavy atom. The molecule has 0 aromatic carbocycles. The lowest BCUT2D eigenvalue weighted by molar-refractivity contribution is 0.152. The maximum atomic E-state index is 10.2. The summed E-state index contributed by atoms with van der Waals surface area (Å²) in [5, 5.41) is 14.5. The van der Waals surface area contributed by atoms with Crippen molar-refractivity contribution >= 4 is 15.9 Å². The Hall–Kier alpha value is -0.350. The second kappa shape index (κ2) is 6.20. The zero-order valence-corrected chi connectivity index (χ0v) is 12.9. The molecule has 1 aromatic rings. The third-order valence-corrected chi connectivity index (χ3v) is 5.11. The van der Waals surface area contributed by atoms with E-state index in [2.05, 4.69) is 21.0 Å². The largest absolute Gasteiger partial charge is 0.393 e. The van der Waals surface area contributed by atoms with Gasteiger partial charge in [0.1, 0.15) is 0 Å². The minimum atomic E-state index is -0.239. The molecule has 1 atom stereocenters. The number of aliphatic hydroxyl groups is 1. The van der Waals surface area contributed by atoms with Gasteiger partial charge in [0.2, 0.25) is 0 Å². The van der Waals surface area contributed by atoms with Gasteiger partial charge in [-0.1, -0.05) is 25.7 Å². The molecule has 1 heterocycles.